The molecule has 0 bridgehead atoms. The zero-order chi connectivity index (χ0) is 19.2. The SMILES string of the molecule is COc1cccc(C(NC(=O)Cc2ccccc2OC)c2nccn2C)c1. The van der Waals surface area contributed by atoms with Gasteiger partial charge in [0.05, 0.1) is 20.6 Å². The number of carbonyl (C=O) groups excluding carboxylic acids is 1. The molecule has 3 rings (SSSR count). The van der Waals surface area contributed by atoms with E-state index in [4.69, 9.17) is 9.47 Å². The summed E-state index contributed by atoms with van der Waals surface area (Å²) < 4.78 is 12.6. The Balaban J connectivity index is 1.87. The van der Waals surface area contributed by atoms with Gasteiger partial charge in [-0.05, 0) is 23.8 Å². The third-order valence-corrected chi connectivity index (χ3v) is 4.39. The third kappa shape index (κ3) is 4.28. The summed E-state index contributed by atoms with van der Waals surface area (Å²) in [5, 5.41) is 3.09. The molecule has 1 heterocycles. The van der Waals surface area contributed by atoms with E-state index in [1.54, 1.807) is 20.4 Å². The van der Waals surface area contributed by atoms with Crippen molar-refractivity contribution in [2.45, 2.75) is 12.5 Å². The first kappa shape index (κ1) is 18.5. The van der Waals surface area contributed by atoms with Crippen molar-refractivity contribution >= 4 is 5.91 Å². The monoisotopic (exact) mass is 365 g/mol. The smallest absolute Gasteiger partial charge is 0.225 e. The summed E-state index contributed by atoms with van der Waals surface area (Å²) >= 11 is 0. The topological polar surface area (TPSA) is 65.4 Å². The molecular weight excluding hydrogens is 342 g/mol. The predicted octanol–water partition coefficient (Wildman–Crippen LogP) is 2.89. The van der Waals surface area contributed by atoms with Gasteiger partial charge in [-0.25, -0.2) is 4.98 Å². The van der Waals surface area contributed by atoms with Crippen LogP contribution in [0.1, 0.15) is 23.0 Å². The normalized spacial score (nSPS) is 11.7. The Bertz CT molecular complexity index is 920. The molecule has 0 fully saturated rings. The number of aryl methyl sites for hydroxylation is 1. The Labute approximate surface area is 158 Å². The Kier molecular flexibility index (Phi) is 5.76. The second-order valence-corrected chi connectivity index (χ2v) is 6.16. The molecule has 1 N–H and O–H groups in total. The lowest BCUT2D eigenvalue weighted by atomic mass is 10.0. The van der Waals surface area contributed by atoms with Crippen molar-refractivity contribution in [2.24, 2.45) is 7.05 Å². The highest BCUT2D eigenvalue weighted by Gasteiger charge is 2.22. The van der Waals surface area contributed by atoms with Crippen LogP contribution in [0.4, 0.5) is 0 Å². The van der Waals surface area contributed by atoms with Crippen LogP contribution in [0.25, 0.3) is 0 Å². The van der Waals surface area contributed by atoms with E-state index in [1.165, 1.54) is 0 Å². The number of imidazole rings is 1. The van der Waals surface area contributed by atoms with Gasteiger partial charge in [0.15, 0.2) is 0 Å². The molecule has 0 saturated carbocycles. The Morgan fingerprint density at radius 2 is 1.96 bits per heavy atom. The average molecular weight is 365 g/mol. The fraction of sp³-hybridized carbons (Fsp3) is 0.238. The number of benzene rings is 2. The first-order valence-electron chi connectivity index (χ1n) is 8.64. The fourth-order valence-electron chi connectivity index (χ4n) is 3.01. The average Bonchev–Trinajstić information content (AvgIpc) is 3.12. The number of aromatic nitrogens is 2. The summed E-state index contributed by atoms with van der Waals surface area (Å²) in [6, 6.07) is 14.7. The van der Waals surface area contributed by atoms with Crippen LogP contribution in [-0.4, -0.2) is 29.7 Å². The first-order chi connectivity index (χ1) is 13.1. The number of methoxy groups -OCH3 is 2. The molecule has 27 heavy (non-hydrogen) atoms. The Morgan fingerprint density at radius 3 is 2.67 bits per heavy atom. The molecule has 1 amide bonds. The van der Waals surface area contributed by atoms with Gasteiger partial charge in [0.1, 0.15) is 23.4 Å². The van der Waals surface area contributed by atoms with Gasteiger partial charge in [0.2, 0.25) is 5.91 Å². The number of hydrogen-bond donors (Lipinski definition) is 1. The molecule has 1 atom stereocenters. The lowest BCUT2D eigenvalue weighted by Gasteiger charge is -2.20. The van der Waals surface area contributed by atoms with Crippen LogP contribution in [0.5, 0.6) is 11.5 Å². The van der Waals surface area contributed by atoms with E-state index >= 15 is 0 Å². The van der Waals surface area contributed by atoms with Crippen LogP contribution < -0.4 is 14.8 Å². The highest BCUT2D eigenvalue weighted by molar-refractivity contribution is 5.80. The molecule has 6 nitrogen and oxygen atoms in total. The number of rotatable bonds is 7. The Hall–Kier alpha value is -3.28. The lowest BCUT2D eigenvalue weighted by Crippen LogP contribution is -2.32. The second-order valence-electron chi connectivity index (χ2n) is 6.16. The lowest BCUT2D eigenvalue weighted by molar-refractivity contribution is -0.121. The minimum absolute atomic E-state index is 0.115. The number of nitrogens with zero attached hydrogens (tertiary/aromatic N) is 2. The molecule has 0 aliphatic carbocycles. The maximum Gasteiger partial charge on any atom is 0.225 e. The van der Waals surface area contributed by atoms with Crippen LogP contribution in [0.3, 0.4) is 0 Å². The zero-order valence-electron chi connectivity index (χ0n) is 15.7. The van der Waals surface area contributed by atoms with Crippen molar-refractivity contribution in [1.82, 2.24) is 14.9 Å². The van der Waals surface area contributed by atoms with E-state index in [2.05, 4.69) is 10.3 Å². The van der Waals surface area contributed by atoms with E-state index in [0.29, 0.717) is 5.75 Å². The van der Waals surface area contributed by atoms with Crippen molar-refractivity contribution in [3.05, 3.63) is 77.9 Å². The zero-order valence-corrected chi connectivity index (χ0v) is 15.7. The molecule has 1 unspecified atom stereocenters. The molecule has 1 aromatic heterocycles. The minimum Gasteiger partial charge on any atom is -0.497 e. The fourth-order valence-corrected chi connectivity index (χ4v) is 3.01. The van der Waals surface area contributed by atoms with Gasteiger partial charge in [-0.15, -0.1) is 0 Å². The molecule has 0 aliphatic rings. The van der Waals surface area contributed by atoms with Crippen molar-refractivity contribution in [2.75, 3.05) is 14.2 Å². The molecule has 0 saturated heterocycles. The van der Waals surface area contributed by atoms with Crippen molar-refractivity contribution in [3.8, 4) is 11.5 Å². The van der Waals surface area contributed by atoms with E-state index < -0.39 is 0 Å². The van der Waals surface area contributed by atoms with Crippen LogP contribution in [0.15, 0.2) is 60.9 Å². The molecular formula is C21H23N3O3. The van der Waals surface area contributed by atoms with Crippen LogP contribution in [0, 0.1) is 0 Å². The summed E-state index contributed by atoms with van der Waals surface area (Å²) in [6.07, 6.45) is 3.79. The summed E-state index contributed by atoms with van der Waals surface area (Å²) in [4.78, 5) is 17.2. The summed E-state index contributed by atoms with van der Waals surface area (Å²) in [5.74, 6) is 2.06. The van der Waals surface area contributed by atoms with Crippen molar-refractivity contribution in [1.29, 1.82) is 0 Å². The molecule has 0 aliphatic heterocycles. The van der Waals surface area contributed by atoms with Gasteiger partial charge in [0, 0.05) is 25.0 Å². The van der Waals surface area contributed by atoms with Crippen LogP contribution in [0.2, 0.25) is 0 Å². The number of amides is 1. The van der Waals surface area contributed by atoms with E-state index in [9.17, 15) is 4.79 Å². The molecule has 0 spiro atoms. The van der Waals surface area contributed by atoms with E-state index in [0.717, 1.165) is 22.7 Å². The maximum atomic E-state index is 12.8. The number of ether oxygens (including phenoxy) is 2. The van der Waals surface area contributed by atoms with Crippen LogP contribution in [-0.2, 0) is 18.3 Å². The molecule has 6 heteroatoms. The molecule has 0 radical (unpaired) electrons. The second kappa shape index (κ2) is 8.40. The number of para-hydroxylation sites is 1. The number of carbonyl (C=O) groups is 1. The van der Waals surface area contributed by atoms with Crippen LogP contribution >= 0.6 is 0 Å². The molecule has 140 valence electrons. The summed E-state index contributed by atoms with van der Waals surface area (Å²) in [7, 11) is 5.13. The molecule has 3 aromatic rings. The van der Waals surface area contributed by atoms with Crippen molar-refractivity contribution in [3.63, 3.8) is 0 Å². The largest absolute Gasteiger partial charge is 0.497 e. The standard InChI is InChI=1S/C21H23N3O3/c1-24-12-11-22-21(24)20(16-8-6-9-17(13-16)26-2)23-19(25)14-15-7-4-5-10-18(15)27-3/h4-13,20H,14H2,1-3H3,(H,23,25). The highest BCUT2D eigenvalue weighted by atomic mass is 16.5. The number of hydrogen-bond acceptors (Lipinski definition) is 4. The Morgan fingerprint density at radius 1 is 1.15 bits per heavy atom. The maximum absolute atomic E-state index is 12.8. The highest BCUT2D eigenvalue weighted by Crippen LogP contribution is 2.25. The van der Waals surface area contributed by atoms with Gasteiger partial charge < -0.3 is 19.4 Å². The van der Waals surface area contributed by atoms with Gasteiger partial charge in [-0.3, -0.25) is 4.79 Å². The minimum atomic E-state index is -0.387. The van der Waals surface area contributed by atoms with Crippen molar-refractivity contribution < 1.29 is 14.3 Å². The summed E-state index contributed by atoms with van der Waals surface area (Å²) in [6.45, 7) is 0. The predicted molar refractivity (Wildman–Crippen MR) is 103 cm³/mol. The van der Waals surface area contributed by atoms with Gasteiger partial charge >= 0.3 is 0 Å². The van der Waals surface area contributed by atoms with Gasteiger partial charge in [0.25, 0.3) is 0 Å². The summed E-state index contributed by atoms with van der Waals surface area (Å²) in [5.41, 5.74) is 1.73. The number of nitrogens with one attached hydrogen (secondary N) is 1. The first-order valence-corrected chi connectivity index (χ1v) is 8.64. The van der Waals surface area contributed by atoms with Gasteiger partial charge in [-0.2, -0.15) is 0 Å². The third-order valence-electron chi connectivity index (χ3n) is 4.39. The quantitative estimate of drug-likeness (QED) is 0.699. The van der Waals surface area contributed by atoms with E-state index in [-0.39, 0.29) is 18.4 Å². The van der Waals surface area contributed by atoms with Gasteiger partial charge in [-0.1, -0.05) is 30.3 Å². The molecule has 2 aromatic carbocycles. The van der Waals surface area contributed by atoms with E-state index in [1.807, 2.05) is 66.3 Å².